The minimum Gasteiger partial charge on any atom is -0.278 e. The molecule has 5 nitrogen and oxygen atoms in total. The van der Waals surface area contributed by atoms with Crippen molar-refractivity contribution in [1.29, 1.82) is 0 Å². The molecule has 0 aliphatic rings. The predicted octanol–water partition coefficient (Wildman–Crippen LogP) is 2.82. The van der Waals surface area contributed by atoms with E-state index in [9.17, 15) is 4.79 Å². The van der Waals surface area contributed by atoms with Gasteiger partial charge in [0.2, 0.25) is 0 Å². The molecule has 0 spiro atoms. The average Bonchev–Trinajstić information content (AvgIpc) is 2.94. The molecule has 0 saturated heterocycles. The maximum absolute atomic E-state index is 12.0. The number of halogens is 2. The Morgan fingerprint density at radius 2 is 2.10 bits per heavy atom. The van der Waals surface area contributed by atoms with E-state index in [2.05, 4.69) is 15.1 Å². The first-order chi connectivity index (χ1) is 10.1. The van der Waals surface area contributed by atoms with Crippen molar-refractivity contribution in [1.82, 2.24) is 19.6 Å². The van der Waals surface area contributed by atoms with Gasteiger partial charge in [0.1, 0.15) is 11.3 Å². The lowest BCUT2D eigenvalue weighted by molar-refractivity contribution is 0.849. The zero-order valence-corrected chi connectivity index (χ0v) is 12.7. The van der Waals surface area contributed by atoms with Crippen molar-refractivity contribution in [2.24, 2.45) is 0 Å². The van der Waals surface area contributed by atoms with Crippen molar-refractivity contribution >= 4 is 29.0 Å². The first-order valence-corrected chi connectivity index (χ1v) is 7.18. The first kappa shape index (κ1) is 14.1. The van der Waals surface area contributed by atoms with Gasteiger partial charge in [0.15, 0.2) is 0 Å². The van der Waals surface area contributed by atoms with E-state index in [1.807, 2.05) is 25.1 Å². The van der Waals surface area contributed by atoms with Gasteiger partial charge >= 0.3 is 0 Å². The molecule has 3 rings (SSSR count). The summed E-state index contributed by atoms with van der Waals surface area (Å²) in [7, 11) is 0. The van der Waals surface area contributed by atoms with Gasteiger partial charge in [-0.25, -0.2) is 9.97 Å². The number of fused-ring (bicyclic) bond motifs is 1. The lowest BCUT2D eigenvalue weighted by Gasteiger charge is -2.08. The van der Waals surface area contributed by atoms with Gasteiger partial charge in [0.05, 0.1) is 5.69 Å². The molecular weight excluding hydrogens is 311 g/mol. The third kappa shape index (κ3) is 2.54. The van der Waals surface area contributed by atoms with Crippen LogP contribution in [0.2, 0.25) is 10.0 Å². The SMILES string of the molecule is Cc1c(Cl)cccc1CCc1nc2nc[nH]n2c(=O)c1Cl. The molecule has 0 saturated carbocycles. The first-order valence-electron chi connectivity index (χ1n) is 6.42. The molecule has 21 heavy (non-hydrogen) atoms. The Morgan fingerprint density at radius 3 is 2.90 bits per heavy atom. The Labute approximate surface area is 130 Å². The van der Waals surface area contributed by atoms with Gasteiger partial charge in [-0.3, -0.25) is 9.89 Å². The smallest absolute Gasteiger partial charge is 0.278 e. The van der Waals surface area contributed by atoms with Gasteiger partial charge in [-0.15, -0.1) is 0 Å². The highest BCUT2D eigenvalue weighted by molar-refractivity contribution is 6.31. The fourth-order valence-corrected chi connectivity index (χ4v) is 2.64. The van der Waals surface area contributed by atoms with Crippen LogP contribution >= 0.6 is 23.2 Å². The summed E-state index contributed by atoms with van der Waals surface area (Å²) in [5.74, 6) is 0.321. The number of H-pyrrole nitrogens is 1. The quantitative estimate of drug-likeness (QED) is 0.806. The lowest BCUT2D eigenvalue weighted by Crippen LogP contribution is -2.18. The standard InChI is InChI=1S/C14H12Cl2N4O/c1-8-9(3-2-4-10(8)15)5-6-11-12(16)13(21)20-14(19-11)17-7-18-20/h2-4,7H,5-6H2,1H3,(H,17,18,19). The molecule has 0 fully saturated rings. The second kappa shape index (κ2) is 5.50. The van der Waals surface area contributed by atoms with Gasteiger partial charge in [-0.2, -0.15) is 4.52 Å². The van der Waals surface area contributed by atoms with Crippen LogP contribution in [0.5, 0.6) is 0 Å². The van der Waals surface area contributed by atoms with Crippen LogP contribution in [0, 0.1) is 6.92 Å². The van der Waals surface area contributed by atoms with E-state index in [1.54, 1.807) is 0 Å². The molecule has 7 heteroatoms. The molecule has 1 N–H and O–H groups in total. The third-order valence-electron chi connectivity index (χ3n) is 3.46. The normalized spacial score (nSPS) is 11.2. The number of aromatic nitrogens is 4. The lowest BCUT2D eigenvalue weighted by atomic mass is 10.0. The fourth-order valence-electron chi connectivity index (χ4n) is 2.22. The van der Waals surface area contributed by atoms with Gasteiger partial charge in [0.25, 0.3) is 11.3 Å². The van der Waals surface area contributed by atoms with Crippen molar-refractivity contribution < 1.29 is 0 Å². The van der Waals surface area contributed by atoms with Gasteiger partial charge in [-0.1, -0.05) is 35.3 Å². The predicted molar refractivity (Wildman–Crippen MR) is 82.2 cm³/mol. The maximum atomic E-state index is 12.0. The molecule has 0 bridgehead atoms. The summed E-state index contributed by atoms with van der Waals surface area (Å²) < 4.78 is 1.22. The van der Waals surface area contributed by atoms with Crippen molar-refractivity contribution in [2.45, 2.75) is 19.8 Å². The molecule has 108 valence electrons. The summed E-state index contributed by atoms with van der Waals surface area (Å²) in [5.41, 5.74) is 2.36. The van der Waals surface area contributed by atoms with Crippen LogP contribution in [0.25, 0.3) is 5.78 Å². The number of aromatic amines is 1. The van der Waals surface area contributed by atoms with Crippen LogP contribution in [-0.4, -0.2) is 19.6 Å². The number of benzene rings is 1. The molecule has 2 aromatic heterocycles. The monoisotopic (exact) mass is 322 g/mol. The molecule has 0 atom stereocenters. The number of aryl methyl sites for hydroxylation is 2. The molecule has 2 heterocycles. The van der Waals surface area contributed by atoms with E-state index in [-0.39, 0.29) is 10.6 Å². The second-order valence-corrected chi connectivity index (χ2v) is 5.51. The van der Waals surface area contributed by atoms with E-state index in [4.69, 9.17) is 23.2 Å². The van der Waals surface area contributed by atoms with Crippen molar-refractivity contribution in [3.8, 4) is 0 Å². The van der Waals surface area contributed by atoms with E-state index < -0.39 is 0 Å². The highest BCUT2D eigenvalue weighted by atomic mass is 35.5. The molecule has 0 amide bonds. The van der Waals surface area contributed by atoms with Crippen LogP contribution in [0.3, 0.4) is 0 Å². The van der Waals surface area contributed by atoms with Crippen LogP contribution in [0.4, 0.5) is 0 Å². The highest BCUT2D eigenvalue weighted by Gasteiger charge is 2.13. The number of nitrogens with one attached hydrogen (secondary N) is 1. The minimum atomic E-state index is -0.336. The Morgan fingerprint density at radius 1 is 1.29 bits per heavy atom. The minimum absolute atomic E-state index is 0.122. The molecule has 0 radical (unpaired) electrons. The summed E-state index contributed by atoms with van der Waals surface area (Å²) in [6.07, 6.45) is 2.67. The maximum Gasteiger partial charge on any atom is 0.293 e. The fraction of sp³-hybridized carbons (Fsp3) is 0.214. The van der Waals surface area contributed by atoms with Gasteiger partial charge in [0, 0.05) is 5.02 Å². The molecular formula is C14H12Cl2N4O. The van der Waals surface area contributed by atoms with Crippen molar-refractivity contribution in [3.63, 3.8) is 0 Å². The van der Waals surface area contributed by atoms with Crippen molar-refractivity contribution in [2.75, 3.05) is 0 Å². The highest BCUT2D eigenvalue weighted by Crippen LogP contribution is 2.21. The average molecular weight is 323 g/mol. The Balaban J connectivity index is 1.93. The summed E-state index contributed by atoms with van der Waals surface area (Å²) in [4.78, 5) is 20.3. The van der Waals surface area contributed by atoms with Crippen molar-refractivity contribution in [3.05, 3.63) is 61.7 Å². The van der Waals surface area contributed by atoms with E-state index in [0.717, 1.165) is 16.1 Å². The summed E-state index contributed by atoms with van der Waals surface area (Å²) in [5, 5.41) is 3.53. The molecule has 0 aliphatic heterocycles. The van der Waals surface area contributed by atoms with Gasteiger partial charge < -0.3 is 0 Å². The molecule has 3 aromatic rings. The number of rotatable bonds is 3. The van der Waals surface area contributed by atoms with E-state index >= 15 is 0 Å². The Bertz CT molecular complexity index is 869. The Kier molecular flexibility index (Phi) is 3.69. The summed E-state index contributed by atoms with van der Waals surface area (Å²) in [6, 6.07) is 5.77. The topological polar surface area (TPSA) is 63.1 Å². The molecule has 0 aliphatic carbocycles. The van der Waals surface area contributed by atoms with Crippen LogP contribution < -0.4 is 5.56 Å². The van der Waals surface area contributed by atoms with E-state index in [1.165, 1.54) is 10.8 Å². The number of hydrogen-bond donors (Lipinski definition) is 1. The zero-order valence-electron chi connectivity index (χ0n) is 11.2. The Hall–Kier alpha value is -1.85. The summed E-state index contributed by atoms with van der Waals surface area (Å²) in [6.45, 7) is 1.97. The number of nitrogens with zero attached hydrogens (tertiary/aromatic N) is 3. The summed E-state index contributed by atoms with van der Waals surface area (Å²) >= 11 is 12.2. The van der Waals surface area contributed by atoms with Gasteiger partial charge in [-0.05, 0) is 37.0 Å². The van der Waals surface area contributed by atoms with Crippen LogP contribution in [0.15, 0.2) is 29.3 Å². The second-order valence-electron chi connectivity index (χ2n) is 4.72. The zero-order chi connectivity index (χ0) is 15.0. The largest absolute Gasteiger partial charge is 0.293 e. The number of hydrogen-bond acceptors (Lipinski definition) is 3. The van der Waals surface area contributed by atoms with Crippen LogP contribution in [-0.2, 0) is 12.8 Å². The molecule has 0 unspecified atom stereocenters. The van der Waals surface area contributed by atoms with Crippen LogP contribution in [0.1, 0.15) is 16.8 Å². The van der Waals surface area contributed by atoms with E-state index in [0.29, 0.717) is 24.3 Å². The molecule has 1 aromatic carbocycles. The third-order valence-corrected chi connectivity index (χ3v) is 4.25.